The lowest BCUT2D eigenvalue weighted by atomic mass is 10.1. The zero-order valence-corrected chi connectivity index (χ0v) is 17.5. The Kier molecular flexibility index (Phi) is 4.85. The minimum atomic E-state index is -0.643. The number of rotatable bonds is 5. The second kappa shape index (κ2) is 7.81. The molecule has 0 atom stereocenters. The first-order valence-electron chi connectivity index (χ1n) is 9.82. The Bertz CT molecular complexity index is 1160. The molecule has 1 aliphatic rings. The van der Waals surface area contributed by atoms with Crippen molar-refractivity contribution in [3.8, 4) is 28.4 Å². The number of thiol groups is 1. The van der Waals surface area contributed by atoms with Crippen molar-refractivity contribution in [3.05, 3.63) is 96.6 Å². The summed E-state index contributed by atoms with van der Waals surface area (Å²) in [5, 5.41) is 9.48. The summed E-state index contributed by atoms with van der Waals surface area (Å²) in [6.07, 6.45) is 0. The minimum absolute atomic E-state index is 0.250. The van der Waals surface area contributed by atoms with Gasteiger partial charge >= 0.3 is 0 Å². The number of methoxy groups -OCH3 is 1. The molecule has 1 N–H and O–H groups in total. The van der Waals surface area contributed by atoms with Gasteiger partial charge in [0.2, 0.25) is 0 Å². The molecule has 1 aliphatic heterocycles. The highest BCUT2D eigenvalue weighted by atomic mass is 32.2. The molecule has 0 saturated heterocycles. The number of benzene rings is 4. The molecule has 0 unspecified atom stereocenters. The van der Waals surface area contributed by atoms with Crippen molar-refractivity contribution in [2.24, 2.45) is 0 Å². The quantitative estimate of drug-likeness (QED) is 0.325. The molecule has 0 spiro atoms. The summed E-state index contributed by atoms with van der Waals surface area (Å²) in [4.78, 5) is 4.00. The van der Waals surface area contributed by atoms with E-state index in [4.69, 9.17) is 9.47 Å². The molecule has 150 valence electrons. The third kappa shape index (κ3) is 3.29. The number of ether oxygens (including phenoxy) is 2. The summed E-state index contributed by atoms with van der Waals surface area (Å²) >= 11 is 0. The Morgan fingerprint density at radius 2 is 1.37 bits per heavy atom. The van der Waals surface area contributed by atoms with Crippen molar-refractivity contribution in [1.82, 2.24) is 0 Å². The second-order valence-electron chi connectivity index (χ2n) is 7.16. The molecule has 1 heterocycles. The third-order valence-corrected chi connectivity index (χ3v) is 7.85. The maximum Gasteiger partial charge on any atom is 0.162 e. The third-order valence-electron chi connectivity index (χ3n) is 5.32. The van der Waals surface area contributed by atoms with Gasteiger partial charge in [0.15, 0.2) is 11.5 Å². The van der Waals surface area contributed by atoms with Crippen LogP contribution in [0.3, 0.4) is 0 Å². The second-order valence-corrected chi connectivity index (χ2v) is 9.31. The number of aromatic hydroxyl groups is 1. The van der Waals surface area contributed by atoms with Crippen molar-refractivity contribution < 1.29 is 14.6 Å². The SMILES string of the molecule is COc1ccc([SH]2c3ccccc3-c3ccccc32)cc1OCc1ccc(O)cc1. The summed E-state index contributed by atoms with van der Waals surface area (Å²) in [5.74, 6) is 1.69. The van der Waals surface area contributed by atoms with Crippen molar-refractivity contribution in [3.63, 3.8) is 0 Å². The van der Waals surface area contributed by atoms with E-state index in [0.717, 1.165) is 11.3 Å². The number of phenols is 1. The summed E-state index contributed by atoms with van der Waals surface area (Å²) in [5.41, 5.74) is 3.63. The summed E-state index contributed by atoms with van der Waals surface area (Å²) < 4.78 is 11.7. The lowest BCUT2D eigenvalue weighted by Crippen LogP contribution is -1.98. The fraction of sp³-hybridized carbons (Fsp3) is 0.0769. The molecule has 4 aromatic carbocycles. The van der Waals surface area contributed by atoms with Gasteiger partial charge in [-0.15, -0.1) is 0 Å². The largest absolute Gasteiger partial charge is 0.508 e. The summed E-state index contributed by atoms with van der Waals surface area (Å²) in [6.45, 7) is 0.408. The van der Waals surface area contributed by atoms with E-state index in [-0.39, 0.29) is 5.75 Å². The molecule has 0 saturated carbocycles. The molecular weight excluding hydrogens is 392 g/mol. The Morgan fingerprint density at radius 3 is 2.00 bits per heavy atom. The normalized spacial score (nSPS) is 12.9. The van der Waals surface area contributed by atoms with Crippen molar-refractivity contribution in [2.45, 2.75) is 21.3 Å². The summed E-state index contributed by atoms with van der Waals surface area (Å²) in [6, 6.07) is 30.7. The average molecular weight is 415 g/mol. The fourth-order valence-electron chi connectivity index (χ4n) is 3.87. The van der Waals surface area contributed by atoms with Crippen LogP contribution in [-0.2, 0) is 6.61 Å². The van der Waals surface area contributed by atoms with Crippen LogP contribution in [-0.4, -0.2) is 12.2 Å². The maximum atomic E-state index is 9.48. The van der Waals surface area contributed by atoms with Crippen molar-refractivity contribution in [1.29, 1.82) is 0 Å². The van der Waals surface area contributed by atoms with Crippen LogP contribution in [0.5, 0.6) is 17.2 Å². The van der Waals surface area contributed by atoms with E-state index in [9.17, 15) is 5.11 Å². The molecule has 3 nitrogen and oxygen atoms in total. The molecular formula is C26H22O3S. The molecule has 0 amide bonds. The van der Waals surface area contributed by atoms with E-state index in [1.54, 1.807) is 19.2 Å². The van der Waals surface area contributed by atoms with E-state index < -0.39 is 10.9 Å². The van der Waals surface area contributed by atoms with Crippen LogP contribution in [0.1, 0.15) is 5.56 Å². The predicted molar refractivity (Wildman–Crippen MR) is 121 cm³/mol. The van der Waals surface area contributed by atoms with Gasteiger partial charge in [-0.2, -0.15) is 10.9 Å². The topological polar surface area (TPSA) is 38.7 Å². The maximum absolute atomic E-state index is 9.48. The molecule has 0 aromatic heterocycles. The standard InChI is InChI=1S/C26H22O3S/c1-28-23-15-14-20(16-24(23)29-17-18-10-12-19(27)13-11-18)30-25-8-4-2-6-21(25)22-7-3-5-9-26(22)30/h2-16,27,30H,17H2,1H3. The molecule has 0 fully saturated rings. The highest BCUT2D eigenvalue weighted by Gasteiger charge is 2.27. The first-order chi connectivity index (χ1) is 14.7. The average Bonchev–Trinajstić information content (AvgIpc) is 3.13. The van der Waals surface area contributed by atoms with Gasteiger partial charge in [0.25, 0.3) is 0 Å². The van der Waals surface area contributed by atoms with Crippen LogP contribution in [0.25, 0.3) is 11.1 Å². The van der Waals surface area contributed by atoms with Crippen LogP contribution >= 0.6 is 10.9 Å². The molecule has 5 rings (SSSR count). The van der Waals surface area contributed by atoms with Crippen molar-refractivity contribution in [2.75, 3.05) is 7.11 Å². The van der Waals surface area contributed by atoms with Crippen LogP contribution in [0.15, 0.2) is 106 Å². The van der Waals surface area contributed by atoms with Gasteiger partial charge in [0.1, 0.15) is 12.4 Å². The number of hydrogen-bond acceptors (Lipinski definition) is 3. The van der Waals surface area contributed by atoms with Gasteiger partial charge in [0, 0.05) is 9.79 Å². The Balaban J connectivity index is 1.52. The minimum Gasteiger partial charge on any atom is -0.508 e. The zero-order chi connectivity index (χ0) is 20.5. The lowest BCUT2D eigenvalue weighted by molar-refractivity contribution is 0.283. The first kappa shape index (κ1) is 18.6. The van der Waals surface area contributed by atoms with Crippen molar-refractivity contribution >= 4 is 10.9 Å². The number of phenolic OH excluding ortho intramolecular Hbond substituents is 1. The Morgan fingerprint density at radius 1 is 0.733 bits per heavy atom. The van der Waals surface area contributed by atoms with E-state index in [1.807, 2.05) is 18.2 Å². The Hall–Kier alpha value is -3.37. The molecule has 4 heteroatoms. The molecule has 0 radical (unpaired) electrons. The fourth-order valence-corrected chi connectivity index (χ4v) is 6.50. The van der Waals surface area contributed by atoms with Crippen LogP contribution in [0, 0.1) is 0 Å². The van der Waals surface area contributed by atoms with Gasteiger partial charge in [-0.3, -0.25) is 0 Å². The number of fused-ring (bicyclic) bond motifs is 3. The first-order valence-corrected chi connectivity index (χ1v) is 11.2. The predicted octanol–water partition coefficient (Wildman–Crippen LogP) is 6.44. The molecule has 30 heavy (non-hydrogen) atoms. The highest BCUT2D eigenvalue weighted by Crippen LogP contribution is 2.62. The zero-order valence-electron chi connectivity index (χ0n) is 16.6. The van der Waals surface area contributed by atoms with Crippen LogP contribution in [0.4, 0.5) is 0 Å². The van der Waals surface area contributed by atoms with Crippen LogP contribution < -0.4 is 9.47 Å². The van der Waals surface area contributed by atoms with E-state index in [1.165, 1.54) is 25.8 Å². The van der Waals surface area contributed by atoms with Crippen LogP contribution in [0.2, 0.25) is 0 Å². The lowest BCUT2D eigenvalue weighted by Gasteiger charge is -2.21. The van der Waals surface area contributed by atoms with E-state index in [2.05, 4.69) is 60.7 Å². The highest BCUT2D eigenvalue weighted by molar-refractivity contribution is 8.17. The van der Waals surface area contributed by atoms with E-state index in [0.29, 0.717) is 12.4 Å². The smallest absolute Gasteiger partial charge is 0.162 e. The van der Waals surface area contributed by atoms with E-state index >= 15 is 0 Å². The van der Waals surface area contributed by atoms with Gasteiger partial charge in [-0.05, 0) is 64.1 Å². The van der Waals surface area contributed by atoms with Gasteiger partial charge in [-0.1, -0.05) is 48.5 Å². The number of hydrogen-bond donors (Lipinski definition) is 2. The summed E-state index contributed by atoms with van der Waals surface area (Å²) in [7, 11) is 1.02. The van der Waals surface area contributed by atoms with Gasteiger partial charge in [-0.25, -0.2) is 0 Å². The Labute approximate surface area is 178 Å². The van der Waals surface area contributed by atoms with Gasteiger partial charge < -0.3 is 14.6 Å². The molecule has 0 bridgehead atoms. The molecule has 0 aliphatic carbocycles. The molecule has 4 aromatic rings. The monoisotopic (exact) mass is 414 g/mol. The van der Waals surface area contributed by atoms with Gasteiger partial charge in [0.05, 0.1) is 7.11 Å².